The first-order valence-electron chi connectivity index (χ1n) is 9.30. The van der Waals surface area contributed by atoms with E-state index in [1.54, 1.807) is 12.1 Å². The number of rotatable bonds is 9. The normalized spacial score (nSPS) is 14.6. The molecule has 2 N–H and O–H groups in total. The molecule has 3 rings (SSSR count). The first-order chi connectivity index (χ1) is 14.0. The van der Waals surface area contributed by atoms with Gasteiger partial charge in [0.15, 0.2) is 0 Å². The Kier molecular flexibility index (Phi) is 7.64. The zero-order chi connectivity index (χ0) is 20.7. The fraction of sp³-hybridized carbons (Fsp3) is 0.444. The molecular formula is C18H24BrN5O4S. The van der Waals surface area contributed by atoms with Crippen molar-refractivity contribution in [2.75, 3.05) is 56.2 Å². The molecule has 158 valence electrons. The third-order valence-corrected chi connectivity index (χ3v) is 6.18. The lowest BCUT2D eigenvalue weighted by Gasteiger charge is -2.27. The number of hydrogen-bond donors (Lipinski definition) is 2. The van der Waals surface area contributed by atoms with Gasteiger partial charge in [0.2, 0.25) is 10.0 Å². The van der Waals surface area contributed by atoms with Crippen molar-refractivity contribution in [3.8, 4) is 5.75 Å². The number of morpholine rings is 1. The number of halogens is 1. The van der Waals surface area contributed by atoms with Gasteiger partial charge in [-0.3, -0.25) is 0 Å². The van der Waals surface area contributed by atoms with Crippen LogP contribution in [0.15, 0.2) is 40.0 Å². The third-order valence-electron chi connectivity index (χ3n) is 4.21. The van der Waals surface area contributed by atoms with E-state index < -0.39 is 10.0 Å². The van der Waals surface area contributed by atoms with Gasteiger partial charge in [0.1, 0.15) is 28.6 Å². The van der Waals surface area contributed by atoms with Crippen LogP contribution in [-0.4, -0.2) is 64.4 Å². The summed E-state index contributed by atoms with van der Waals surface area (Å²) in [5.41, 5.74) is 0. The lowest BCUT2D eigenvalue weighted by atomic mass is 10.3. The molecular weight excluding hydrogens is 462 g/mol. The first-order valence-corrected chi connectivity index (χ1v) is 11.6. The van der Waals surface area contributed by atoms with Crippen molar-refractivity contribution in [2.24, 2.45) is 0 Å². The van der Waals surface area contributed by atoms with Crippen molar-refractivity contribution < 1.29 is 17.9 Å². The zero-order valence-corrected chi connectivity index (χ0v) is 18.5. The van der Waals surface area contributed by atoms with Crippen molar-refractivity contribution >= 4 is 37.6 Å². The van der Waals surface area contributed by atoms with Crippen LogP contribution >= 0.6 is 15.9 Å². The number of benzene rings is 1. The quantitative estimate of drug-likeness (QED) is 0.518. The minimum Gasteiger partial charge on any atom is -0.492 e. The van der Waals surface area contributed by atoms with E-state index in [9.17, 15) is 8.42 Å². The summed E-state index contributed by atoms with van der Waals surface area (Å²) >= 11 is 3.31. The van der Waals surface area contributed by atoms with Crippen molar-refractivity contribution in [1.82, 2.24) is 14.7 Å². The number of nitrogens with one attached hydrogen (secondary N) is 2. The summed E-state index contributed by atoms with van der Waals surface area (Å²) in [5.74, 6) is 1.78. The maximum absolute atomic E-state index is 12.7. The van der Waals surface area contributed by atoms with E-state index in [0.717, 1.165) is 18.9 Å². The van der Waals surface area contributed by atoms with E-state index >= 15 is 0 Å². The molecule has 0 radical (unpaired) electrons. The Morgan fingerprint density at radius 1 is 1.21 bits per heavy atom. The SMILES string of the molecule is CCOc1ccc(Br)cc1S(=O)(=O)NCCNc1cc(N2CCOCC2)ncn1. The molecule has 9 nitrogen and oxygen atoms in total. The number of anilines is 2. The fourth-order valence-electron chi connectivity index (χ4n) is 2.83. The van der Waals surface area contributed by atoms with Gasteiger partial charge in [0, 0.05) is 36.7 Å². The van der Waals surface area contributed by atoms with Crippen LogP contribution in [0.4, 0.5) is 11.6 Å². The van der Waals surface area contributed by atoms with E-state index in [2.05, 4.69) is 40.8 Å². The Morgan fingerprint density at radius 2 is 2.00 bits per heavy atom. The third kappa shape index (κ3) is 6.01. The van der Waals surface area contributed by atoms with Crippen molar-refractivity contribution in [2.45, 2.75) is 11.8 Å². The van der Waals surface area contributed by atoms with Crippen LogP contribution in [0.5, 0.6) is 5.75 Å². The zero-order valence-electron chi connectivity index (χ0n) is 16.1. The lowest BCUT2D eigenvalue weighted by molar-refractivity contribution is 0.122. The summed E-state index contributed by atoms with van der Waals surface area (Å²) in [6, 6.07) is 6.75. The Bertz CT molecular complexity index is 922. The fourth-order valence-corrected chi connectivity index (χ4v) is 4.54. The largest absolute Gasteiger partial charge is 0.492 e. The molecule has 29 heavy (non-hydrogen) atoms. The van der Waals surface area contributed by atoms with Gasteiger partial charge in [-0.1, -0.05) is 15.9 Å². The molecule has 0 saturated carbocycles. The van der Waals surface area contributed by atoms with Gasteiger partial charge in [-0.15, -0.1) is 0 Å². The summed E-state index contributed by atoms with van der Waals surface area (Å²) in [7, 11) is -3.72. The minimum atomic E-state index is -3.72. The molecule has 1 aliphatic rings. The number of hydrogen-bond acceptors (Lipinski definition) is 8. The second-order valence-corrected chi connectivity index (χ2v) is 8.86. The highest BCUT2D eigenvalue weighted by Gasteiger charge is 2.20. The summed E-state index contributed by atoms with van der Waals surface area (Å²) in [4.78, 5) is 10.7. The molecule has 0 unspecified atom stereocenters. The average Bonchev–Trinajstić information content (AvgIpc) is 2.73. The molecule has 0 aliphatic carbocycles. The molecule has 1 saturated heterocycles. The monoisotopic (exact) mass is 485 g/mol. The highest BCUT2D eigenvalue weighted by Crippen LogP contribution is 2.27. The number of sulfonamides is 1. The molecule has 1 aromatic carbocycles. The maximum Gasteiger partial charge on any atom is 0.244 e. The van der Waals surface area contributed by atoms with E-state index in [1.807, 2.05) is 13.0 Å². The summed E-state index contributed by atoms with van der Waals surface area (Å²) in [6.07, 6.45) is 1.49. The smallest absolute Gasteiger partial charge is 0.244 e. The number of nitrogens with zero attached hydrogens (tertiary/aromatic N) is 3. The average molecular weight is 486 g/mol. The van der Waals surface area contributed by atoms with Crippen LogP contribution in [0.25, 0.3) is 0 Å². The molecule has 1 fully saturated rings. The molecule has 0 amide bonds. The molecule has 1 aromatic heterocycles. The molecule has 11 heteroatoms. The highest BCUT2D eigenvalue weighted by atomic mass is 79.9. The summed E-state index contributed by atoms with van der Waals surface area (Å²) in [6.45, 7) is 5.67. The van der Waals surface area contributed by atoms with Crippen molar-refractivity contribution in [3.05, 3.63) is 35.1 Å². The van der Waals surface area contributed by atoms with Crippen molar-refractivity contribution in [1.29, 1.82) is 0 Å². The van der Waals surface area contributed by atoms with Gasteiger partial charge in [-0.2, -0.15) is 0 Å². The Labute approximate surface area is 179 Å². The van der Waals surface area contributed by atoms with Crippen LogP contribution < -0.4 is 19.7 Å². The Hall–Kier alpha value is -1.95. The molecule has 2 aromatic rings. The second kappa shape index (κ2) is 10.2. The van der Waals surface area contributed by atoms with Gasteiger partial charge in [0.25, 0.3) is 0 Å². The first kappa shape index (κ1) is 21.8. The topological polar surface area (TPSA) is 106 Å². The number of aromatic nitrogens is 2. The van der Waals surface area contributed by atoms with E-state index in [1.165, 1.54) is 12.4 Å². The summed E-state index contributed by atoms with van der Waals surface area (Å²) < 4.78 is 39.4. The maximum atomic E-state index is 12.7. The lowest BCUT2D eigenvalue weighted by Crippen LogP contribution is -2.36. The van der Waals surface area contributed by atoms with Crippen LogP contribution in [0.3, 0.4) is 0 Å². The minimum absolute atomic E-state index is 0.102. The highest BCUT2D eigenvalue weighted by molar-refractivity contribution is 9.10. The summed E-state index contributed by atoms with van der Waals surface area (Å²) in [5, 5.41) is 3.12. The molecule has 0 bridgehead atoms. The van der Waals surface area contributed by atoms with Gasteiger partial charge >= 0.3 is 0 Å². The second-order valence-electron chi connectivity index (χ2n) is 6.21. The van der Waals surface area contributed by atoms with E-state index in [4.69, 9.17) is 9.47 Å². The van der Waals surface area contributed by atoms with Gasteiger partial charge in [-0.25, -0.2) is 23.1 Å². The predicted molar refractivity (Wildman–Crippen MR) is 114 cm³/mol. The van der Waals surface area contributed by atoms with Crippen LogP contribution in [0.2, 0.25) is 0 Å². The molecule has 0 atom stereocenters. The predicted octanol–water partition coefficient (Wildman–Crippen LogP) is 1.86. The van der Waals surface area contributed by atoms with Gasteiger partial charge in [-0.05, 0) is 25.1 Å². The van der Waals surface area contributed by atoms with Crippen LogP contribution in [0.1, 0.15) is 6.92 Å². The van der Waals surface area contributed by atoms with Crippen molar-refractivity contribution in [3.63, 3.8) is 0 Å². The van der Waals surface area contributed by atoms with Crippen LogP contribution in [-0.2, 0) is 14.8 Å². The number of ether oxygens (including phenoxy) is 2. The van der Waals surface area contributed by atoms with Gasteiger partial charge in [0.05, 0.1) is 19.8 Å². The van der Waals surface area contributed by atoms with Crippen LogP contribution in [0, 0.1) is 0 Å². The Morgan fingerprint density at radius 3 is 2.76 bits per heavy atom. The standard InChI is InChI=1S/C18H24BrN5O4S/c1-2-28-15-4-3-14(19)11-16(15)29(25,26)23-6-5-20-17-12-18(22-13-21-17)24-7-9-27-10-8-24/h3-4,11-13,23H,2,5-10H2,1H3,(H,20,21,22). The van der Waals surface area contributed by atoms with E-state index in [-0.39, 0.29) is 11.4 Å². The Balaban J connectivity index is 1.57. The molecule has 2 heterocycles. The van der Waals surface area contributed by atoms with Gasteiger partial charge < -0.3 is 19.7 Å². The molecule has 0 spiro atoms. The molecule has 1 aliphatic heterocycles. The van der Waals surface area contributed by atoms with E-state index in [0.29, 0.717) is 42.4 Å².